The van der Waals surface area contributed by atoms with Crippen molar-refractivity contribution >= 4 is 10.3 Å². The van der Waals surface area contributed by atoms with E-state index >= 15 is 0 Å². The molecule has 0 aromatic carbocycles. The van der Waals surface area contributed by atoms with Gasteiger partial charge < -0.3 is 15.5 Å². The summed E-state index contributed by atoms with van der Waals surface area (Å²) in [6.45, 7) is 11.5. The maximum Gasteiger partial charge on any atom is -0.0375 e. The summed E-state index contributed by atoms with van der Waals surface area (Å²) in [6, 6.07) is 0. The summed E-state index contributed by atoms with van der Waals surface area (Å²) in [5.74, 6) is 4.03. The second-order valence-corrected chi connectivity index (χ2v) is 6.92. The Balaban J connectivity index is 4.35. The summed E-state index contributed by atoms with van der Waals surface area (Å²) < 4.78 is 0. The van der Waals surface area contributed by atoms with Crippen molar-refractivity contribution in [2.45, 2.75) is 53.9 Å². The summed E-state index contributed by atoms with van der Waals surface area (Å²) in [5, 5.41) is 3.39. The molecule has 0 aromatic rings. The molecule has 3 unspecified atom stereocenters. The van der Waals surface area contributed by atoms with Gasteiger partial charge in [-0.15, -0.1) is 12.0 Å². The van der Waals surface area contributed by atoms with E-state index in [1.165, 1.54) is 25.0 Å². The average molecular weight is 229 g/mol. The summed E-state index contributed by atoms with van der Waals surface area (Å²) in [6.07, 6.45) is 6.38. The lowest BCUT2D eigenvalue weighted by Crippen LogP contribution is -2.20. The van der Waals surface area contributed by atoms with Gasteiger partial charge in [0.25, 0.3) is 0 Å². The van der Waals surface area contributed by atoms with Gasteiger partial charge in [-0.05, 0) is 25.2 Å². The second-order valence-electron chi connectivity index (χ2n) is 4.90. The van der Waals surface area contributed by atoms with Crippen LogP contribution in [0.5, 0.6) is 0 Å². The van der Waals surface area contributed by atoms with Crippen LogP contribution >= 0.6 is 0 Å². The molecule has 0 amide bonds. The SMILES string of the molecule is CC#[S-](C)CC(CC(C)CC)C(C)CC. The van der Waals surface area contributed by atoms with Gasteiger partial charge in [-0.1, -0.05) is 46.5 Å². The van der Waals surface area contributed by atoms with E-state index in [0.29, 0.717) is 10.3 Å². The Bertz CT molecular complexity index is 231. The number of hydrogen-bond donors (Lipinski definition) is 0. The Hall–Kier alpha value is 0.130. The minimum Gasteiger partial charge on any atom is -0.457 e. The molecule has 0 aromatic heterocycles. The van der Waals surface area contributed by atoms with Crippen LogP contribution in [0.3, 0.4) is 0 Å². The summed E-state index contributed by atoms with van der Waals surface area (Å²) in [4.78, 5) is 0. The van der Waals surface area contributed by atoms with E-state index in [9.17, 15) is 0 Å². The Morgan fingerprint density at radius 1 is 1.13 bits per heavy atom. The van der Waals surface area contributed by atoms with E-state index < -0.39 is 0 Å². The second kappa shape index (κ2) is 8.30. The minimum absolute atomic E-state index is 0.402. The van der Waals surface area contributed by atoms with Crippen molar-refractivity contribution < 1.29 is 0 Å². The smallest absolute Gasteiger partial charge is 0.0375 e. The highest BCUT2D eigenvalue weighted by Gasteiger charge is 2.14. The van der Waals surface area contributed by atoms with E-state index in [1.807, 2.05) is 0 Å². The van der Waals surface area contributed by atoms with Crippen molar-refractivity contribution in [1.29, 1.82) is 0 Å². The van der Waals surface area contributed by atoms with E-state index in [1.54, 1.807) is 0 Å². The molecular weight excluding hydrogens is 200 g/mol. The van der Waals surface area contributed by atoms with Crippen LogP contribution in [-0.4, -0.2) is 12.0 Å². The molecule has 0 aliphatic carbocycles. The molecule has 0 fully saturated rings. The monoisotopic (exact) mass is 229 g/mol. The van der Waals surface area contributed by atoms with E-state index in [0.717, 1.165) is 17.8 Å². The highest BCUT2D eigenvalue weighted by Crippen LogP contribution is 2.25. The molecule has 3 atom stereocenters. The Kier molecular flexibility index (Phi) is 8.37. The fourth-order valence-corrected chi connectivity index (χ4v) is 3.16. The first-order chi connectivity index (χ1) is 7.04. The van der Waals surface area contributed by atoms with Crippen LogP contribution in [0.25, 0.3) is 0 Å². The van der Waals surface area contributed by atoms with Gasteiger partial charge in [-0.2, -0.15) is 0 Å². The molecule has 0 saturated carbocycles. The molecule has 0 saturated heterocycles. The third-order valence-electron chi connectivity index (χ3n) is 3.66. The van der Waals surface area contributed by atoms with Crippen LogP contribution in [0.1, 0.15) is 53.9 Å². The molecule has 0 bridgehead atoms. The van der Waals surface area contributed by atoms with Crippen molar-refractivity contribution in [3.8, 4) is 5.18 Å². The topological polar surface area (TPSA) is 0 Å². The molecular formula is C14H29S-. The van der Waals surface area contributed by atoms with E-state index in [-0.39, 0.29) is 0 Å². The normalized spacial score (nSPS) is 17.3. The van der Waals surface area contributed by atoms with Crippen molar-refractivity contribution in [1.82, 2.24) is 0 Å². The molecule has 0 heterocycles. The van der Waals surface area contributed by atoms with Crippen LogP contribution in [0, 0.1) is 22.9 Å². The van der Waals surface area contributed by atoms with Gasteiger partial charge in [0.1, 0.15) is 0 Å². The first-order valence-corrected chi connectivity index (χ1v) is 8.15. The maximum atomic E-state index is 3.39. The molecule has 0 nitrogen and oxygen atoms in total. The highest BCUT2D eigenvalue weighted by atomic mass is 32.2. The molecule has 0 rings (SSSR count). The molecule has 92 valence electrons. The van der Waals surface area contributed by atoms with Crippen molar-refractivity contribution in [2.24, 2.45) is 17.8 Å². The third-order valence-corrected chi connectivity index (χ3v) is 5.29. The largest absolute Gasteiger partial charge is 0.457 e. The standard InChI is InChI=1S/C14H29S/c1-7-12(4)10-14(13(5)8-2)11-15(6)9-3/h12-14H,7-8,10-11H2,1-6H3/q-1. The van der Waals surface area contributed by atoms with Gasteiger partial charge in [0.15, 0.2) is 0 Å². The lowest BCUT2D eigenvalue weighted by molar-refractivity contribution is 0.308. The van der Waals surface area contributed by atoms with Gasteiger partial charge in [0.05, 0.1) is 0 Å². The van der Waals surface area contributed by atoms with Crippen LogP contribution in [0.4, 0.5) is 0 Å². The van der Waals surface area contributed by atoms with Crippen molar-refractivity contribution in [2.75, 3.05) is 12.0 Å². The van der Waals surface area contributed by atoms with Gasteiger partial charge in [-0.25, -0.2) is 0 Å². The Morgan fingerprint density at radius 2 is 1.73 bits per heavy atom. The molecule has 0 aliphatic rings. The molecule has 0 radical (unpaired) electrons. The first-order valence-electron chi connectivity index (χ1n) is 6.34. The predicted molar refractivity (Wildman–Crippen MR) is 74.7 cm³/mol. The fourth-order valence-electron chi connectivity index (χ4n) is 1.89. The lowest BCUT2D eigenvalue weighted by Gasteiger charge is -2.30. The lowest BCUT2D eigenvalue weighted by atomic mass is 9.85. The first kappa shape index (κ1) is 15.1. The fraction of sp³-hybridized carbons (Fsp3) is 0.929. The summed E-state index contributed by atoms with van der Waals surface area (Å²) >= 11 is 0. The molecule has 0 N–H and O–H groups in total. The van der Waals surface area contributed by atoms with Crippen LogP contribution < -0.4 is 0 Å². The Morgan fingerprint density at radius 3 is 2.13 bits per heavy atom. The zero-order valence-corrected chi connectivity index (χ0v) is 12.3. The predicted octanol–water partition coefficient (Wildman–Crippen LogP) is 4.31. The summed E-state index contributed by atoms with van der Waals surface area (Å²) in [5.41, 5.74) is 0. The highest BCUT2D eigenvalue weighted by molar-refractivity contribution is 7.85. The number of rotatable bonds is 6. The number of hydrogen-bond acceptors (Lipinski definition) is 1. The molecule has 0 spiro atoms. The van der Waals surface area contributed by atoms with Gasteiger partial charge in [0.2, 0.25) is 0 Å². The van der Waals surface area contributed by atoms with Crippen LogP contribution in [0.2, 0.25) is 0 Å². The molecule has 1 heteroatoms. The van der Waals surface area contributed by atoms with Crippen molar-refractivity contribution in [3.63, 3.8) is 0 Å². The van der Waals surface area contributed by atoms with Gasteiger partial charge in [-0.3, -0.25) is 0 Å². The maximum absolute atomic E-state index is 3.39. The average Bonchev–Trinajstić information content (AvgIpc) is 2.26. The van der Waals surface area contributed by atoms with Crippen LogP contribution in [-0.2, 0) is 10.3 Å². The molecule has 0 aliphatic heterocycles. The minimum atomic E-state index is 0.402. The van der Waals surface area contributed by atoms with E-state index in [4.69, 9.17) is 0 Å². The zero-order chi connectivity index (χ0) is 11.8. The van der Waals surface area contributed by atoms with E-state index in [2.05, 4.69) is 46.1 Å². The van der Waals surface area contributed by atoms with Crippen molar-refractivity contribution in [3.05, 3.63) is 0 Å². The molecule has 15 heavy (non-hydrogen) atoms. The van der Waals surface area contributed by atoms with Gasteiger partial charge in [0, 0.05) is 0 Å². The third kappa shape index (κ3) is 6.33. The van der Waals surface area contributed by atoms with Gasteiger partial charge >= 0.3 is 0 Å². The summed E-state index contributed by atoms with van der Waals surface area (Å²) in [7, 11) is 0.402. The quantitative estimate of drug-likeness (QED) is 0.595. The Labute approximate surface area is 99.4 Å². The van der Waals surface area contributed by atoms with Crippen LogP contribution in [0.15, 0.2) is 0 Å². The zero-order valence-electron chi connectivity index (χ0n) is 11.5.